The van der Waals surface area contributed by atoms with E-state index in [9.17, 15) is 0 Å². The molecule has 0 aliphatic heterocycles. The molecule has 1 aromatic heterocycles. The third-order valence-corrected chi connectivity index (χ3v) is 3.52. The van der Waals surface area contributed by atoms with Crippen molar-refractivity contribution in [1.82, 2.24) is 15.1 Å². The van der Waals surface area contributed by atoms with Crippen molar-refractivity contribution < 1.29 is 4.74 Å². The van der Waals surface area contributed by atoms with Crippen LogP contribution in [0.3, 0.4) is 0 Å². The van der Waals surface area contributed by atoms with Gasteiger partial charge in [-0.15, -0.1) is 0 Å². The van der Waals surface area contributed by atoms with Crippen molar-refractivity contribution in [2.24, 2.45) is 7.05 Å². The topological polar surface area (TPSA) is 39.1 Å². The highest BCUT2D eigenvalue weighted by molar-refractivity contribution is 6.31. The second-order valence-corrected chi connectivity index (χ2v) is 4.74. The fourth-order valence-electron chi connectivity index (χ4n) is 2.31. The first kappa shape index (κ1) is 14.1. The van der Waals surface area contributed by atoms with Crippen LogP contribution in [0.15, 0.2) is 36.5 Å². The largest absolute Gasteiger partial charge is 0.375 e. The van der Waals surface area contributed by atoms with Gasteiger partial charge in [-0.2, -0.15) is 5.10 Å². The highest BCUT2D eigenvalue weighted by Crippen LogP contribution is 2.34. The molecular weight excluding hydrogens is 262 g/mol. The summed E-state index contributed by atoms with van der Waals surface area (Å²) in [7, 11) is 5.47. The van der Waals surface area contributed by atoms with Gasteiger partial charge in [-0.1, -0.05) is 41.9 Å². The maximum atomic E-state index is 6.23. The molecule has 0 bridgehead atoms. The molecule has 0 saturated carbocycles. The average Bonchev–Trinajstić information content (AvgIpc) is 2.77. The molecule has 2 atom stereocenters. The first-order valence-electron chi connectivity index (χ1n) is 6.11. The van der Waals surface area contributed by atoms with Gasteiger partial charge in [0.05, 0.1) is 23.0 Å². The van der Waals surface area contributed by atoms with Crippen LogP contribution < -0.4 is 5.32 Å². The van der Waals surface area contributed by atoms with Crippen LogP contribution in [0.4, 0.5) is 0 Å². The molecule has 0 saturated heterocycles. The van der Waals surface area contributed by atoms with Gasteiger partial charge in [0, 0.05) is 14.2 Å². The van der Waals surface area contributed by atoms with Crippen LogP contribution in [-0.4, -0.2) is 23.9 Å². The van der Waals surface area contributed by atoms with E-state index in [1.54, 1.807) is 18.0 Å². The molecule has 0 amide bonds. The van der Waals surface area contributed by atoms with Crippen LogP contribution in [0.1, 0.15) is 23.4 Å². The summed E-state index contributed by atoms with van der Waals surface area (Å²) in [5.41, 5.74) is 2.02. The van der Waals surface area contributed by atoms with Crippen molar-refractivity contribution in [3.63, 3.8) is 0 Å². The number of methoxy groups -OCH3 is 1. The average molecular weight is 280 g/mol. The lowest BCUT2D eigenvalue weighted by Gasteiger charge is -2.26. The van der Waals surface area contributed by atoms with Crippen LogP contribution >= 0.6 is 11.6 Å². The van der Waals surface area contributed by atoms with E-state index < -0.39 is 0 Å². The van der Waals surface area contributed by atoms with E-state index in [1.165, 1.54) is 0 Å². The SMILES string of the molecule is CNC(c1c(Cl)cnn1C)C(OC)c1ccccc1. The van der Waals surface area contributed by atoms with E-state index in [4.69, 9.17) is 16.3 Å². The van der Waals surface area contributed by atoms with Gasteiger partial charge in [0.15, 0.2) is 0 Å². The van der Waals surface area contributed by atoms with Crippen molar-refractivity contribution in [1.29, 1.82) is 0 Å². The Morgan fingerprint density at radius 2 is 2.00 bits per heavy atom. The van der Waals surface area contributed by atoms with E-state index in [2.05, 4.69) is 10.4 Å². The zero-order chi connectivity index (χ0) is 13.8. The quantitative estimate of drug-likeness (QED) is 0.915. The number of benzene rings is 1. The van der Waals surface area contributed by atoms with Gasteiger partial charge in [0.25, 0.3) is 0 Å². The number of hydrogen-bond acceptors (Lipinski definition) is 3. The first-order valence-corrected chi connectivity index (χ1v) is 6.49. The maximum Gasteiger partial charge on any atom is 0.103 e. The van der Waals surface area contributed by atoms with Crippen LogP contribution in [0.25, 0.3) is 0 Å². The Labute approximate surface area is 118 Å². The molecule has 19 heavy (non-hydrogen) atoms. The number of hydrogen-bond donors (Lipinski definition) is 1. The van der Waals surface area contributed by atoms with Gasteiger partial charge < -0.3 is 10.1 Å². The number of likely N-dealkylation sites (N-methyl/N-ethyl adjacent to an activating group) is 1. The molecule has 5 heteroatoms. The predicted molar refractivity (Wildman–Crippen MR) is 76.2 cm³/mol. The number of ether oxygens (including phenoxy) is 1. The van der Waals surface area contributed by atoms with E-state index in [1.807, 2.05) is 44.4 Å². The predicted octanol–water partition coefficient (Wildman–Crippen LogP) is 2.72. The van der Waals surface area contributed by atoms with Crippen molar-refractivity contribution in [3.05, 3.63) is 52.8 Å². The Morgan fingerprint density at radius 1 is 1.32 bits per heavy atom. The number of rotatable bonds is 5. The molecule has 1 heterocycles. The minimum absolute atomic E-state index is 0.0626. The standard InChI is InChI=1S/C14H18ClN3O/c1-16-12(13-11(15)9-17-18(13)2)14(19-3)10-7-5-4-6-8-10/h4-9,12,14,16H,1-3H3. The fourth-order valence-corrected chi connectivity index (χ4v) is 2.59. The Balaban J connectivity index is 2.40. The fraction of sp³-hybridized carbons (Fsp3) is 0.357. The summed E-state index contributed by atoms with van der Waals surface area (Å²) < 4.78 is 7.44. The number of nitrogens with zero attached hydrogens (tertiary/aromatic N) is 2. The van der Waals surface area contributed by atoms with Gasteiger partial charge in [-0.05, 0) is 12.6 Å². The highest BCUT2D eigenvalue weighted by atomic mass is 35.5. The van der Waals surface area contributed by atoms with Crippen LogP contribution in [-0.2, 0) is 11.8 Å². The van der Waals surface area contributed by atoms with Crippen molar-refractivity contribution >= 4 is 11.6 Å². The molecule has 2 unspecified atom stereocenters. The van der Waals surface area contributed by atoms with Crippen molar-refractivity contribution in [2.75, 3.05) is 14.2 Å². The summed E-state index contributed by atoms with van der Waals surface area (Å²) in [4.78, 5) is 0. The molecule has 2 aromatic rings. The molecule has 0 aliphatic rings. The zero-order valence-electron chi connectivity index (χ0n) is 11.3. The third-order valence-electron chi connectivity index (χ3n) is 3.23. The summed E-state index contributed by atoms with van der Waals surface area (Å²) in [6.07, 6.45) is 1.53. The summed E-state index contributed by atoms with van der Waals surface area (Å²) in [5.74, 6) is 0. The van der Waals surface area contributed by atoms with Gasteiger partial charge in [0.2, 0.25) is 0 Å². The van der Waals surface area contributed by atoms with Crippen LogP contribution in [0, 0.1) is 0 Å². The van der Waals surface area contributed by atoms with Crippen molar-refractivity contribution in [2.45, 2.75) is 12.1 Å². The Morgan fingerprint density at radius 3 is 2.47 bits per heavy atom. The lowest BCUT2D eigenvalue weighted by molar-refractivity contribution is 0.0676. The Kier molecular flexibility index (Phi) is 4.58. The third kappa shape index (κ3) is 2.81. The van der Waals surface area contributed by atoms with Crippen LogP contribution in [0.5, 0.6) is 0 Å². The molecule has 0 aliphatic carbocycles. The van der Waals surface area contributed by atoms with E-state index in [-0.39, 0.29) is 12.1 Å². The molecule has 4 nitrogen and oxygen atoms in total. The minimum atomic E-state index is -0.126. The summed E-state index contributed by atoms with van der Waals surface area (Å²) in [5, 5.41) is 8.09. The lowest BCUT2D eigenvalue weighted by atomic mass is 9.99. The molecule has 0 spiro atoms. The molecule has 2 rings (SSSR count). The summed E-state index contributed by atoms with van der Waals surface area (Å²) >= 11 is 6.23. The number of aryl methyl sites for hydroxylation is 1. The molecular formula is C14H18ClN3O. The van der Waals surface area contributed by atoms with E-state index in [0.717, 1.165) is 11.3 Å². The van der Waals surface area contributed by atoms with Crippen molar-refractivity contribution in [3.8, 4) is 0 Å². The highest BCUT2D eigenvalue weighted by Gasteiger charge is 2.27. The molecule has 1 N–H and O–H groups in total. The number of nitrogens with one attached hydrogen (secondary N) is 1. The molecule has 102 valence electrons. The van der Waals surface area contributed by atoms with Gasteiger partial charge in [-0.25, -0.2) is 0 Å². The molecule has 0 radical (unpaired) electrons. The Hall–Kier alpha value is -1.36. The second kappa shape index (κ2) is 6.19. The Bertz CT molecular complexity index is 507. The molecule has 0 fully saturated rings. The van der Waals surface area contributed by atoms with Gasteiger partial charge in [0.1, 0.15) is 6.10 Å². The zero-order valence-corrected chi connectivity index (χ0v) is 12.1. The maximum absolute atomic E-state index is 6.23. The number of halogens is 1. The summed E-state index contributed by atoms with van der Waals surface area (Å²) in [6.45, 7) is 0. The normalized spacial score (nSPS) is 14.3. The van der Waals surface area contributed by atoms with Gasteiger partial charge in [-0.3, -0.25) is 4.68 Å². The first-order chi connectivity index (χ1) is 9.19. The van der Waals surface area contributed by atoms with E-state index >= 15 is 0 Å². The van der Waals surface area contributed by atoms with Gasteiger partial charge >= 0.3 is 0 Å². The van der Waals surface area contributed by atoms with Crippen LogP contribution in [0.2, 0.25) is 5.02 Å². The monoisotopic (exact) mass is 279 g/mol. The van der Waals surface area contributed by atoms with E-state index in [0.29, 0.717) is 5.02 Å². The summed E-state index contributed by atoms with van der Waals surface area (Å²) in [6, 6.07) is 10.0. The molecule has 1 aromatic carbocycles. The lowest BCUT2D eigenvalue weighted by Crippen LogP contribution is -2.27. The minimum Gasteiger partial charge on any atom is -0.375 e. The second-order valence-electron chi connectivity index (χ2n) is 4.33. The number of aromatic nitrogens is 2. The smallest absolute Gasteiger partial charge is 0.103 e.